The van der Waals surface area contributed by atoms with E-state index in [1.165, 1.54) is 5.56 Å². The first kappa shape index (κ1) is 17.6. The predicted molar refractivity (Wildman–Crippen MR) is 107 cm³/mol. The van der Waals surface area contributed by atoms with Gasteiger partial charge in [-0.25, -0.2) is 4.79 Å². The van der Waals surface area contributed by atoms with Crippen LogP contribution in [0, 0.1) is 0 Å². The summed E-state index contributed by atoms with van der Waals surface area (Å²) in [6.07, 6.45) is 5.85. The van der Waals surface area contributed by atoms with Crippen LogP contribution in [0.15, 0.2) is 48.5 Å². The first-order chi connectivity index (χ1) is 13.2. The minimum Gasteiger partial charge on any atom is -0.338 e. The van der Waals surface area contributed by atoms with E-state index in [2.05, 4.69) is 28.1 Å². The monoisotopic (exact) mass is 363 g/mol. The Morgan fingerprint density at radius 3 is 2.63 bits per heavy atom. The highest BCUT2D eigenvalue weighted by molar-refractivity contribution is 6.07. The van der Waals surface area contributed by atoms with Crippen molar-refractivity contribution >= 4 is 23.3 Å². The Kier molecular flexibility index (Phi) is 4.84. The van der Waals surface area contributed by atoms with Gasteiger partial charge in [-0.05, 0) is 48.9 Å². The number of carbonyl (C=O) groups excluding carboxylic acids is 2. The molecule has 1 heterocycles. The molecular weight excluding hydrogens is 338 g/mol. The molecule has 5 nitrogen and oxygen atoms in total. The maximum atomic E-state index is 12.5. The molecule has 0 unspecified atom stereocenters. The molecule has 1 spiro atoms. The van der Waals surface area contributed by atoms with E-state index in [0.29, 0.717) is 12.2 Å². The minimum absolute atomic E-state index is 0.109. The molecule has 2 aromatic rings. The van der Waals surface area contributed by atoms with Crippen LogP contribution in [0.3, 0.4) is 0 Å². The smallest absolute Gasteiger partial charge is 0.319 e. The summed E-state index contributed by atoms with van der Waals surface area (Å²) in [5.41, 5.74) is 3.55. The van der Waals surface area contributed by atoms with E-state index in [9.17, 15) is 9.59 Å². The molecule has 1 aliphatic carbocycles. The topological polar surface area (TPSA) is 70.2 Å². The number of carbonyl (C=O) groups is 2. The maximum absolute atomic E-state index is 12.5. The Hall–Kier alpha value is -2.82. The third-order valence-corrected chi connectivity index (χ3v) is 5.70. The molecular formula is C22H25N3O2. The molecule has 2 aromatic carbocycles. The summed E-state index contributed by atoms with van der Waals surface area (Å²) in [4.78, 5) is 24.6. The Morgan fingerprint density at radius 1 is 1.07 bits per heavy atom. The number of rotatable bonds is 5. The number of hydrogen-bond acceptors (Lipinski definition) is 2. The van der Waals surface area contributed by atoms with Crippen molar-refractivity contribution in [3.63, 3.8) is 0 Å². The van der Waals surface area contributed by atoms with Crippen molar-refractivity contribution in [2.75, 3.05) is 17.2 Å². The summed E-state index contributed by atoms with van der Waals surface area (Å²) in [6.45, 7) is 0.617. The van der Waals surface area contributed by atoms with Gasteiger partial charge >= 0.3 is 6.03 Å². The standard InChI is InChI=1S/C22H25N3O2/c26-20-22(12-4-5-13-22)18-11-10-17(15-19(18)25-20)24-21(27)23-14-6-9-16-7-2-1-3-8-16/h1-3,7-8,10-11,15H,4-6,9,12-14H2,(H,25,26)(H2,23,24,27). The summed E-state index contributed by atoms with van der Waals surface area (Å²) in [7, 11) is 0. The number of nitrogens with one attached hydrogen (secondary N) is 3. The molecule has 2 aliphatic rings. The first-order valence-electron chi connectivity index (χ1n) is 9.72. The van der Waals surface area contributed by atoms with Gasteiger partial charge in [-0.1, -0.05) is 49.2 Å². The third kappa shape index (κ3) is 3.54. The van der Waals surface area contributed by atoms with E-state index in [-0.39, 0.29) is 17.4 Å². The zero-order valence-electron chi connectivity index (χ0n) is 15.4. The quantitative estimate of drug-likeness (QED) is 0.697. The molecule has 5 heteroatoms. The van der Waals surface area contributed by atoms with Gasteiger partial charge in [-0.2, -0.15) is 0 Å². The van der Waals surface area contributed by atoms with Crippen LogP contribution in [0.5, 0.6) is 0 Å². The van der Waals surface area contributed by atoms with Crippen molar-refractivity contribution in [3.8, 4) is 0 Å². The summed E-state index contributed by atoms with van der Waals surface area (Å²) in [5.74, 6) is 0.109. The van der Waals surface area contributed by atoms with E-state index in [4.69, 9.17) is 0 Å². The lowest BCUT2D eigenvalue weighted by molar-refractivity contribution is -0.120. The van der Waals surface area contributed by atoms with E-state index >= 15 is 0 Å². The molecule has 4 rings (SSSR count). The lowest BCUT2D eigenvalue weighted by atomic mass is 9.80. The second kappa shape index (κ2) is 7.43. The molecule has 1 aliphatic heterocycles. The van der Waals surface area contributed by atoms with E-state index < -0.39 is 0 Å². The van der Waals surface area contributed by atoms with Crippen molar-refractivity contribution in [2.45, 2.75) is 43.9 Å². The maximum Gasteiger partial charge on any atom is 0.319 e. The number of hydrogen-bond donors (Lipinski definition) is 3. The van der Waals surface area contributed by atoms with Crippen molar-refractivity contribution < 1.29 is 9.59 Å². The van der Waals surface area contributed by atoms with Gasteiger partial charge in [0.1, 0.15) is 0 Å². The number of fused-ring (bicyclic) bond motifs is 2. The second-order valence-electron chi connectivity index (χ2n) is 7.47. The van der Waals surface area contributed by atoms with Gasteiger partial charge in [0.05, 0.1) is 5.41 Å². The largest absolute Gasteiger partial charge is 0.338 e. The van der Waals surface area contributed by atoms with Crippen molar-refractivity contribution in [1.29, 1.82) is 0 Å². The number of anilines is 2. The van der Waals surface area contributed by atoms with Gasteiger partial charge in [0.2, 0.25) is 5.91 Å². The number of urea groups is 1. The molecule has 0 radical (unpaired) electrons. The summed E-state index contributed by atoms with van der Waals surface area (Å²) in [5, 5.41) is 8.76. The molecule has 0 bridgehead atoms. The third-order valence-electron chi connectivity index (χ3n) is 5.70. The molecule has 1 saturated carbocycles. The average molecular weight is 363 g/mol. The summed E-state index contributed by atoms with van der Waals surface area (Å²) >= 11 is 0. The molecule has 3 N–H and O–H groups in total. The van der Waals surface area contributed by atoms with Crippen LogP contribution in [-0.2, 0) is 16.6 Å². The van der Waals surface area contributed by atoms with Gasteiger partial charge in [0, 0.05) is 17.9 Å². The van der Waals surface area contributed by atoms with Crippen LogP contribution >= 0.6 is 0 Å². The van der Waals surface area contributed by atoms with Gasteiger partial charge in [0.25, 0.3) is 0 Å². The number of benzene rings is 2. The highest BCUT2D eigenvalue weighted by Gasteiger charge is 2.48. The minimum atomic E-state index is -0.340. The van der Waals surface area contributed by atoms with Crippen LogP contribution in [0.2, 0.25) is 0 Å². The SMILES string of the molecule is O=C(NCCCc1ccccc1)Nc1ccc2c(c1)NC(=O)C21CCCC1. The van der Waals surface area contributed by atoms with Crippen LogP contribution in [0.4, 0.5) is 16.2 Å². The zero-order valence-corrected chi connectivity index (χ0v) is 15.4. The molecule has 140 valence electrons. The van der Waals surface area contributed by atoms with E-state index in [0.717, 1.165) is 49.8 Å². The van der Waals surface area contributed by atoms with Crippen LogP contribution in [-0.4, -0.2) is 18.5 Å². The highest BCUT2D eigenvalue weighted by Crippen LogP contribution is 2.49. The fraction of sp³-hybridized carbons (Fsp3) is 0.364. The van der Waals surface area contributed by atoms with Crippen LogP contribution in [0.1, 0.15) is 43.2 Å². The molecule has 0 aromatic heterocycles. The average Bonchev–Trinajstić information content (AvgIpc) is 3.26. The predicted octanol–water partition coefficient (Wildman–Crippen LogP) is 4.20. The zero-order chi connectivity index (χ0) is 18.7. The molecule has 3 amide bonds. The van der Waals surface area contributed by atoms with Gasteiger partial charge < -0.3 is 16.0 Å². The van der Waals surface area contributed by atoms with E-state index in [1.54, 1.807) is 0 Å². The van der Waals surface area contributed by atoms with Gasteiger partial charge in [0.15, 0.2) is 0 Å². The number of amides is 3. The van der Waals surface area contributed by atoms with E-state index in [1.807, 2.05) is 36.4 Å². The summed E-state index contributed by atoms with van der Waals surface area (Å²) < 4.78 is 0. The fourth-order valence-electron chi connectivity index (χ4n) is 4.30. The lowest BCUT2D eigenvalue weighted by Gasteiger charge is -2.20. The fourth-order valence-corrected chi connectivity index (χ4v) is 4.30. The Labute approximate surface area is 159 Å². The molecule has 0 atom stereocenters. The Bertz CT molecular complexity index is 842. The van der Waals surface area contributed by atoms with Gasteiger partial charge in [-0.15, -0.1) is 0 Å². The molecule has 27 heavy (non-hydrogen) atoms. The lowest BCUT2D eigenvalue weighted by Crippen LogP contribution is -2.30. The second-order valence-corrected chi connectivity index (χ2v) is 7.47. The Balaban J connectivity index is 1.31. The molecule has 1 fully saturated rings. The summed E-state index contributed by atoms with van der Waals surface area (Å²) in [6, 6.07) is 15.8. The van der Waals surface area contributed by atoms with Crippen molar-refractivity contribution in [3.05, 3.63) is 59.7 Å². The highest BCUT2D eigenvalue weighted by atomic mass is 16.2. The van der Waals surface area contributed by atoms with Crippen LogP contribution in [0.25, 0.3) is 0 Å². The number of aryl methyl sites for hydroxylation is 1. The normalized spacial score (nSPS) is 16.8. The van der Waals surface area contributed by atoms with Crippen LogP contribution < -0.4 is 16.0 Å². The van der Waals surface area contributed by atoms with Crippen molar-refractivity contribution in [1.82, 2.24) is 5.32 Å². The molecule has 0 saturated heterocycles. The van der Waals surface area contributed by atoms with Gasteiger partial charge in [-0.3, -0.25) is 4.79 Å². The van der Waals surface area contributed by atoms with Crippen molar-refractivity contribution in [2.24, 2.45) is 0 Å². The first-order valence-corrected chi connectivity index (χ1v) is 9.72. The Morgan fingerprint density at radius 2 is 1.85 bits per heavy atom.